The molecule has 2 N–H and O–H groups in total. The average molecular weight is 798 g/mol. The highest BCUT2D eigenvalue weighted by molar-refractivity contribution is 6.31. The summed E-state index contributed by atoms with van der Waals surface area (Å²) in [4.78, 5) is 58.5. The minimum atomic E-state index is -0.727. The maximum absolute atomic E-state index is 15.3. The number of rotatable bonds is 9. The second kappa shape index (κ2) is 16.7. The molecule has 1 atom stereocenters. The average Bonchev–Trinajstić information content (AvgIpc) is 3.53. The van der Waals surface area contributed by atoms with Gasteiger partial charge in [0, 0.05) is 88.1 Å². The third kappa shape index (κ3) is 8.58. The van der Waals surface area contributed by atoms with Gasteiger partial charge in [0.15, 0.2) is 11.5 Å². The predicted molar refractivity (Wildman–Crippen MR) is 207 cm³/mol. The first kappa shape index (κ1) is 38.7. The van der Waals surface area contributed by atoms with Crippen LogP contribution in [0, 0.1) is 17.1 Å². The van der Waals surface area contributed by atoms with E-state index in [2.05, 4.69) is 35.5 Å². The number of ether oxygens (including phenoxy) is 1. The number of anilines is 1. The molecule has 0 bridgehead atoms. The Bertz CT molecular complexity index is 2070. The van der Waals surface area contributed by atoms with Crippen molar-refractivity contribution in [2.24, 2.45) is 0 Å². The van der Waals surface area contributed by atoms with E-state index in [1.165, 1.54) is 11.0 Å². The molecule has 16 heteroatoms. The van der Waals surface area contributed by atoms with Gasteiger partial charge in [0.2, 0.25) is 11.8 Å². The Morgan fingerprint density at radius 3 is 2.40 bits per heavy atom. The number of halogens is 2. The Labute approximate surface area is 335 Å². The molecule has 8 rings (SSSR count). The number of nitriles is 1. The molecule has 5 heterocycles. The molecule has 1 unspecified atom stereocenters. The van der Waals surface area contributed by atoms with Crippen molar-refractivity contribution in [1.29, 1.82) is 5.26 Å². The number of amides is 4. The maximum atomic E-state index is 15.3. The molecule has 3 saturated heterocycles. The highest BCUT2D eigenvalue weighted by Crippen LogP contribution is 2.31. The summed E-state index contributed by atoms with van der Waals surface area (Å²) in [6.07, 6.45) is 5.54. The molecular formula is C41H45ClFN9O5. The number of aromatic nitrogens is 2. The van der Waals surface area contributed by atoms with E-state index in [0.29, 0.717) is 45.7 Å². The van der Waals surface area contributed by atoms with Gasteiger partial charge in [-0.3, -0.25) is 34.3 Å². The van der Waals surface area contributed by atoms with Gasteiger partial charge in [0.1, 0.15) is 23.7 Å². The normalized spacial score (nSPS) is 23.5. The lowest BCUT2D eigenvalue weighted by Gasteiger charge is -2.43. The van der Waals surface area contributed by atoms with Crippen LogP contribution in [0.4, 0.5) is 10.2 Å². The molecule has 298 valence electrons. The minimum Gasteiger partial charge on any atom is -0.490 e. The van der Waals surface area contributed by atoms with E-state index in [0.717, 1.165) is 83.6 Å². The number of nitrogens with zero attached hydrogens (tertiary/aromatic N) is 7. The van der Waals surface area contributed by atoms with Crippen LogP contribution < -0.4 is 20.3 Å². The third-order valence-corrected chi connectivity index (χ3v) is 12.4. The topological polar surface area (TPSA) is 164 Å². The van der Waals surface area contributed by atoms with Crippen molar-refractivity contribution in [2.45, 2.75) is 88.7 Å². The van der Waals surface area contributed by atoms with E-state index in [4.69, 9.17) is 21.6 Å². The molecule has 5 aliphatic rings. The maximum Gasteiger partial charge on any atom is 0.272 e. The fourth-order valence-corrected chi connectivity index (χ4v) is 9.01. The fourth-order valence-electron chi connectivity index (χ4n) is 8.80. The zero-order chi connectivity index (χ0) is 39.6. The van der Waals surface area contributed by atoms with Crippen LogP contribution in [0.5, 0.6) is 5.75 Å². The van der Waals surface area contributed by atoms with Crippen molar-refractivity contribution >= 4 is 41.0 Å². The van der Waals surface area contributed by atoms with Crippen molar-refractivity contribution in [1.82, 2.24) is 35.5 Å². The van der Waals surface area contributed by atoms with Gasteiger partial charge >= 0.3 is 0 Å². The highest BCUT2D eigenvalue weighted by Gasteiger charge is 2.40. The Morgan fingerprint density at radius 2 is 1.72 bits per heavy atom. The molecule has 4 fully saturated rings. The van der Waals surface area contributed by atoms with E-state index >= 15 is 4.39 Å². The number of nitrogens with one attached hydrogen (secondary N) is 2. The molecule has 4 aliphatic heterocycles. The summed E-state index contributed by atoms with van der Waals surface area (Å²) in [6.45, 7) is 5.70. The molecule has 1 aromatic heterocycles. The van der Waals surface area contributed by atoms with Crippen molar-refractivity contribution in [3.05, 3.63) is 81.3 Å². The quantitative estimate of drug-likeness (QED) is 0.303. The first-order valence-corrected chi connectivity index (χ1v) is 20.2. The molecule has 57 heavy (non-hydrogen) atoms. The summed E-state index contributed by atoms with van der Waals surface area (Å²) in [5.41, 5.74) is 2.24. The van der Waals surface area contributed by atoms with Crippen molar-refractivity contribution in [2.75, 3.05) is 44.2 Å². The fraction of sp³-hybridized carbons (Fsp3) is 0.488. The summed E-state index contributed by atoms with van der Waals surface area (Å²) < 4.78 is 21.4. The van der Waals surface area contributed by atoms with E-state index in [9.17, 15) is 19.2 Å². The van der Waals surface area contributed by atoms with Gasteiger partial charge < -0.3 is 19.9 Å². The van der Waals surface area contributed by atoms with Crippen LogP contribution in [0.3, 0.4) is 0 Å². The first-order chi connectivity index (χ1) is 27.6. The first-order valence-electron chi connectivity index (χ1n) is 19.8. The summed E-state index contributed by atoms with van der Waals surface area (Å²) in [5.74, 6) is -0.453. The Morgan fingerprint density at radius 1 is 0.947 bits per heavy atom. The van der Waals surface area contributed by atoms with Gasteiger partial charge in [-0.25, -0.2) is 4.39 Å². The van der Waals surface area contributed by atoms with Crippen molar-refractivity contribution in [3.63, 3.8) is 0 Å². The number of piperazine rings is 1. The lowest BCUT2D eigenvalue weighted by Crippen LogP contribution is -2.53. The summed E-state index contributed by atoms with van der Waals surface area (Å²) in [5, 5.41) is 23.5. The molecule has 4 amide bonds. The zero-order valence-electron chi connectivity index (χ0n) is 31.6. The van der Waals surface area contributed by atoms with Gasteiger partial charge in [0.25, 0.3) is 11.8 Å². The van der Waals surface area contributed by atoms with Crippen LogP contribution in [0.25, 0.3) is 0 Å². The van der Waals surface area contributed by atoms with E-state index < -0.39 is 17.8 Å². The van der Waals surface area contributed by atoms with E-state index in [1.807, 2.05) is 12.1 Å². The summed E-state index contributed by atoms with van der Waals surface area (Å²) in [6, 6.07) is 13.5. The minimum absolute atomic E-state index is 0.0149. The number of imide groups is 1. The number of piperidine rings is 2. The number of carbonyl (C=O) groups excluding carboxylic acids is 4. The second-order valence-corrected chi connectivity index (χ2v) is 16.0. The Kier molecular flexibility index (Phi) is 11.4. The lowest BCUT2D eigenvalue weighted by atomic mass is 9.93. The number of hydrogen-bond acceptors (Lipinski definition) is 11. The van der Waals surface area contributed by atoms with Crippen LogP contribution in [0.15, 0.2) is 42.5 Å². The SMILES string of the molecule is N#Cc1ccc(OC2CCC(NC(=O)c3ccc(N4CCC(N5CCN(Cc6cc7c(cc6F)C(=O)N(C6CCC(=O)NC6=O)C7)CC5)CC4)nn3)CC2)cc1Cl. The zero-order valence-corrected chi connectivity index (χ0v) is 32.3. The lowest BCUT2D eigenvalue weighted by molar-refractivity contribution is -0.136. The van der Waals surface area contributed by atoms with Crippen molar-refractivity contribution in [3.8, 4) is 11.8 Å². The van der Waals surface area contributed by atoms with Crippen LogP contribution >= 0.6 is 11.6 Å². The number of carbonyl (C=O) groups is 4. The predicted octanol–water partition coefficient (Wildman–Crippen LogP) is 3.81. The van der Waals surface area contributed by atoms with Crippen LogP contribution in [-0.2, 0) is 22.7 Å². The van der Waals surface area contributed by atoms with Gasteiger partial charge in [-0.05, 0) is 86.9 Å². The largest absolute Gasteiger partial charge is 0.490 e. The molecule has 0 radical (unpaired) electrons. The molecule has 0 spiro atoms. The molecular weight excluding hydrogens is 753 g/mol. The molecule has 1 aliphatic carbocycles. The van der Waals surface area contributed by atoms with E-state index in [1.54, 1.807) is 30.3 Å². The van der Waals surface area contributed by atoms with Gasteiger partial charge in [0.05, 0.1) is 16.7 Å². The summed E-state index contributed by atoms with van der Waals surface area (Å²) >= 11 is 6.14. The Hall–Kier alpha value is -5.17. The Balaban J connectivity index is 0.756. The van der Waals surface area contributed by atoms with Crippen molar-refractivity contribution < 1.29 is 28.3 Å². The molecule has 2 aromatic carbocycles. The monoisotopic (exact) mass is 797 g/mol. The van der Waals surface area contributed by atoms with Crippen LogP contribution in [0.2, 0.25) is 5.02 Å². The molecule has 3 aromatic rings. The third-order valence-electron chi connectivity index (χ3n) is 12.1. The highest BCUT2D eigenvalue weighted by atomic mass is 35.5. The second-order valence-electron chi connectivity index (χ2n) is 15.6. The number of benzene rings is 2. The molecule has 1 saturated carbocycles. The standard InChI is InChI=1S/C41H45ClFN9O5/c42-33-20-31(4-1-25(33)22-44)57-30-5-2-28(3-6-30)45-39(54)35-7-9-37(48-47-35)51-13-11-29(12-14-51)50-17-15-49(16-18-50)23-27-19-26-24-52(41(56)32(26)21-34(27)43)36-8-10-38(53)46-40(36)55/h1,4,7,9,19-21,28-30,36H,2-3,5-6,8,10-18,23-24H2,(H,45,54)(H,46,53,55). The van der Waals surface area contributed by atoms with Gasteiger partial charge in [-0.15, -0.1) is 10.2 Å². The molecule has 14 nitrogen and oxygen atoms in total. The van der Waals surface area contributed by atoms with Gasteiger partial charge in [-0.2, -0.15) is 5.26 Å². The number of hydrogen-bond donors (Lipinski definition) is 2. The number of fused-ring (bicyclic) bond motifs is 1. The smallest absolute Gasteiger partial charge is 0.272 e. The van der Waals surface area contributed by atoms with E-state index in [-0.39, 0.29) is 54.8 Å². The van der Waals surface area contributed by atoms with Gasteiger partial charge in [-0.1, -0.05) is 11.6 Å². The van der Waals surface area contributed by atoms with Crippen LogP contribution in [-0.4, -0.2) is 112 Å². The summed E-state index contributed by atoms with van der Waals surface area (Å²) in [7, 11) is 0. The van der Waals surface area contributed by atoms with Crippen LogP contribution in [0.1, 0.15) is 88.9 Å².